The second-order valence-electron chi connectivity index (χ2n) is 6.00. The lowest BCUT2D eigenvalue weighted by atomic mass is 9.85. The highest BCUT2D eigenvalue weighted by atomic mass is 16.6. The minimum Gasteiger partial charge on any atom is -0.393 e. The number of esters is 2. The van der Waals surface area contributed by atoms with Crippen molar-refractivity contribution >= 4 is 11.9 Å². The fraction of sp³-hybridized carbons (Fsp3) is 0.412. The molecule has 4 heteroatoms. The first-order chi connectivity index (χ1) is 10.3. The van der Waals surface area contributed by atoms with E-state index in [-0.39, 0.29) is 41.5 Å². The standard InChI is InChI=1S/C17H16O4/c18-16-14-11-6-7-12(15(14)17(19)21-16)13(11)9-20-8-10-4-2-1-3-5-10/h1-7,11-15H,8-9H2/t11-,12+,13?,14+,15-. The van der Waals surface area contributed by atoms with E-state index >= 15 is 0 Å². The summed E-state index contributed by atoms with van der Waals surface area (Å²) in [4.78, 5) is 23.6. The Balaban J connectivity index is 1.42. The molecule has 1 unspecified atom stereocenters. The van der Waals surface area contributed by atoms with Crippen LogP contribution in [0.1, 0.15) is 5.56 Å². The van der Waals surface area contributed by atoms with E-state index in [2.05, 4.69) is 12.2 Å². The Bertz CT molecular complexity index is 576. The number of rotatable bonds is 4. The summed E-state index contributed by atoms with van der Waals surface area (Å²) in [7, 11) is 0. The number of hydrogen-bond donors (Lipinski definition) is 0. The molecule has 5 atom stereocenters. The molecule has 1 saturated carbocycles. The van der Waals surface area contributed by atoms with Crippen LogP contribution in [-0.2, 0) is 25.7 Å². The van der Waals surface area contributed by atoms with E-state index < -0.39 is 0 Å². The molecule has 2 bridgehead atoms. The van der Waals surface area contributed by atoms with Gasteiger partial charge in [0.15, 0.2) is 0 Å². The average Bonchev–Trinajstić information content (AvgIpc) is 3.12. The molecule has 0 N–H and O–H groups in total. The second-order valence-corrected chi connectivity index (χ2v) is 6.00. The van der Waals surface area contributed by atoms with Gasteiger partial charge in [0.1, 0.15) is 0 Å². The number of ether oxygens (including phenoxy) is 2. The van der Waals surface area contributed by atoms with Crippen LogP contribution in [0.3, 0.4) is 0 Å². The topological polar surface area (TPSA) is 52.6 Å². The van der Waals surface area contributed by atoms with Crippen LogP contribution < -0.4 is 0 Å². The van der Waals surface area contributed by atoms with Crippen LogP contribution in [0, 0.1) is 29.6 Å². The third-order valence-electron chi connectivity index (χ3n) is 4.93. The Morgan fingerprint density at radius 2 is 1.57 bits per heavy atom. The summed E-state index contributed by atoms with van der Waals surface area (Å²) < 4.78 is 10.6. The average molecular weight is 284 g/mol. The van der Waals surface area contributed by atoms with Crippen molar-refractivity contribution in [2.75, 3.05) is 6.61 Å². The highest BCUT2D eigenvalue weighted by molar-refractivity contribution is 5.98. The highest BCUT2D eigenvalue weighted by Crippen LogP contribution is 2.55. The minimum absolute atomic E-state index is 0.0923. The molecular formula is C17H16O4. The minimum atomic E-state index is -0.352. The third-order valence-corrected chi connectivity index (χ3v) is 4.93. The van der Waals surface area contributed by atoms with Gasteiger partial charge in [0.25, 0.3) is 0 Å². The van der Waals surface area contributed by atoms with Gasteiger partial charge in [-0.25, -0.2) is 0 Å². The van der Waals surface area contributed by atoms with Crippen molar-refractivity contribution in [2.24, 2.45) is 29.6 Å². The molecule has 2 aliphatic carbocycles. The Morgan fingerprint density at radius 1 is 0.952 bits per heavy atom. The summed E-state index contributed by atoms with van der Waals surface area (Å²) in [5, 5.41) is 0. The summed E-state index contributed by atoms with van der Waals surface area (Å²) in [6, 6.07) is 9.99. The van der Waals surface area contributed by atoms with Crippen molar-refractivity contribution < 1.29 is 19.1 Å². The van der Waals surface area contributed by atoms with E-state index in [0.29, 0.717) is 13.2 Å². The Morgan fingerprint density at radius 3 is 2.19 bits per heavy atom. The lowest BCUT2D eigenvalue weighted by Gasteiger charge is -2.18. The molecule has 1 aliphatic heterocycles. The molecular weight excluding hydrogens is 268 g/mol. The Kier molecular flexibility index (Phi) is 2.93. The third kappa shape index (κ3) is 1.94. The van der Waals surface area contributed by atoms with E-state index in [9.17, 15) is 9.59 Å². The van der Waals surface area contributed by atoms with E-state index in [4.69, 9.17) is 9.47 Å². The molecule has 108 valence electrons. The lowest BCUT2D eigenvalue weighted by Crippen LogP contribution is -2.21. The molecule has 0 aromatic heterocycles. The van der Waals surface area contributed by atoms with Crippen LogP contribution in [0.2, 0.25) is 0 Å². The predicted molar refractivity (Wildman–Crippen MR) is 73.8 cm³/mol. The second kappa shape index (κ2) is 4.81. The summed E-state index contributed by atoms with van der Waals surface area (Å²) in [6.45, 7) is 1.13. The van der Waals surface area contributed by atoms with Crippen molar-refractivity contribution in [3.8, 4) is 0 Å². The van der Waals surface area contributed by atoms with E-state index in [1.165, 1.54) is 0 Å². The molecule has 0 spiro atoms. The van der Waals surface area contributed by atoms with Crippen molar-refractivity contribution in [1.29, 1.82) is 0 Å². The maximum Gasteiger partial charge on any atom is 0.318 e. The SMILES string of the molecule is O=C1OC(=O)[C@H]2[C@@H]1[C@@H]1C=C[C@H]2C1COCc1ccccc1. The molecule has 0 amide bonds. The van der Waals surface area contributed by atoms with Gasteiger partial charge in [0.2, 0.25) is 0 Å². The van der Waals surface area contributed by atoms with Crippen molar-refractivity contribution in [2.45, 2.75) is 6.61 Å². The summed E-state index contributed by atoms with van der Waals surface area (Å²) >= 11 is 0. The van der Waals surface area contributed by atoms with Crippen LogP contribution >= 0.6 is 0 Å². The monoisotopic (exact) mass is 284 g/mol. The van der Waals surface area contributed by atoms with E-state index in [1.807, 2.05) is 30.3 Å². The molecule has 4 rings (SSSR count). The van der Waals surface area contributed by atoms with Crippen LogP contribution in [0.25, 0.3) is 0 Å². The van der Waals surface area contributed by atoms with Gasteiger partial charge in [-0.15, -0.1) is 0 Å². The van der Waals surface area contributed by atoms with Crippen molar-refractivity contribution in [1.82, 2.24) is 0 Å². The van der Waals surface area contributed by atoms with Crippen LogP contribution in [0.5, 0.6) is 0 Å². The highest BCUT2D eigenvalue weighted by Gasteiger charge is 2.62. The zero-order valence-electron chi connectivity index (χ0n) is 11.5. The predicted octanol–water partition coefficient (Wildman–Crippen LogP) is 1.95. The van der Waals surface area contributed by atoms with Gasteiger partial charge in [0.05, 0.1) is 25.0 Å². The lowest BCUT2D eigenvalue weighted by molar-refractivity contribution is -0.155. The van der Waals surface area contributed by atoms with Crippen LogP contribution in [0.15, 0.2) is 42.5 Å². The van der Waals surface area contributed by atoms with Gasteiger partial charge in [-0.05, 0) is 23.3 Å². The largest absolute Gasteiger partial charge is 0.393 e. The molecule has 0 radical (unpaired) electrons. The van der Waals surface area contributed by atoms with E-state index in [1.54, 1.807) is 0 Å². The van der Waals surface area contributed by atoms with Gasteiger partial charge < -0.3 is 9.47 Å². The number of fused-ring (bicyclic) bond motifs is 5. The summed E-state index contributed by atoms with van der Waals surface area (Å²) in [6.07, 6.45) is 4.12. The van der Waals surface area contributed by atoms with Gasteiger partial charge >= 0.3 is 11.9 Å². The van der Waals surface area contributed by atoms with Crippen molar-refractivity contribution in [3.05, 3.63) is 48.0 Å². The molecule has 21 heavy (non-hydrogen) atoms. The summed E-state index contributed by atoms with van der Waals surface area (Å²) in [5.41, 5.74) is 1.13. The summed E-state index contributed by atoms with van der Waals surface area (Å²) in [5.74, 6) is -0.856. The Labute approximate surface area is 122 Å². The Hall–Kier alpha value is -1.94. The number of allylic oxidation sites excluding steroid dienone is 2. The quantitative estimate of drug-likeness (QED) is 0.482. The van der Waals surface area contributed by atoms with Gasteiger partial charge in [-0.2, -0.15) is 0 Å². The zero-order valence-corrected chi connectivity index (χ0v) is 11.5. The number of hydrogen-bond acceptors (Lipinski definition) is 4. The van der Waals surface area contributed by atoms with E-state index in [0.717, 1.165) is 5.56 Å². The maximum atomic E-state index is 11.8. The van der Waals surface area contributed by atoms with Gasteiger partial charge in [0, 0.05) is 0 Å². The first-order valence-electron chi connectivity index (χ1n) is 7.31. The van der Waals surface area contributed by atoms with Crippen molar-refractivity contribution in [3.63, 3.8) is 0 Å². The maximum absolute atomic E-state index is 11.8. The molecule has 1 aromatic carbocycles. The molecule has 1 heterocycles. The number of benzene rings is 1. The van der Waals surface area contributed by atoms with Crippen LogP contribution in [0.4, 0.5) is 0 Å². The molecule has 3 aliphatic rings. The van der Waals surface area contributed by atoms with Gasteiger partial charge in [-0.1, -0.05) is 42.5 Å². The number of carbonyl (C=O) groups is 2. The zero-order chi connectivity index (χ0) is 14.4. The van der Waals surface area contributed by atoms with Gasteiger partial charge in [-0.3, -0.25) is 9.59 Å². The first-order valence-corrected chi connectivity index (χ1v) is 7.31. The molecule has 1 saturated heterocycles. The fourth-order valence-corrected chi connectivity index (χ4v) is 4.00. The fourth-order valence-electron chi connectivity index (χ4n) is 4.00. The molecule has 1 aromatic rings. The normalized spacial score (nSPS) is 36.1. The molecule has 2 fully saturated rings. The van der Waals surface area contributed by atoms with Crippen LogP contribution in [-0.4, -0.2) is 18.5 Å². The number of cyclic esters (lactones) is 2. The molecule has 4 nitrogen and oxygen atoms in total. The smallest absolute Gasteiger partial charge is 0.318 e. The first kappa shape index (κ1) is 12.8. The number of carbonyl (C=O) groups excluding carboxylic acids is 2.